The largest absolute Gasteiger partial charge is 0.395 e. The van der Waals surface area contributed by atoms with Crippen LogP contribution in [-0.4, -0.2) is 36.0 Å². The Kier molecular flexibility index (Phi) is 5.74. The van der Waals surface area contributed by atoms with Gasteiger partial charge in [0.05, 0.1) is 11.5 Å². The van der Waals surface area contributed by atoms with Crippen LogP contribution < -0.4 is 0 Å². The molecule has 0 aliphatic carbocycles. The number of rotatable bonds is 6. The lowest BCUT2D eigenvalue weighted by Gasteiger charge is -2.27. The maximum atomic E-state index is 13.2. The predicted molar refractivity (Wildman–Crippen MR) is 94.1 cm³/mol. The molecule has 0 fully saturated rings. The van der Waals surface area contributed by atoms with E-state index in [0.717, 1.165) is 11.1 Å². The smallest absolute Gasteiger partial charge is 0.243 e. The first-order valence-corrected chi connectivity index (χ1v) is 9.30. The molecule has 0 saturated carbocycles. The van der Waals surface area contributed by atoms with Crippen molar-refractivity contribution in [1.82, 2.24) is 9.29 Å². The second kappa shape index (κ2) is 7.42. The van der Waals surface area contributed by atoms with E-state index in [9.17, 15) is 13.5 Å². The Labute approximate surface area is 144 Å². The first-order valence-electron chi connectivity index (χ1n) is 7.86. The molecule has 2 rings (SSSR count). The van der Waals surface area contributed by atoms with E-state index in [0.29, 0.717) is 0 Å². The van der Waals surface area contributed by atoms with E-state index in [4.69, 9.17) is 0 Å². The summed E-state index contributed by atoms with van der Waals surface area (Å²) in [6.07, 6.45) is 3.28. The molecule has 2 aromatic rings. The summed E-state index contributed by atoms with van der Waals surface area (Å²) in [5.41, 5.74) is 1.24. The molecule has 0 bridgehead atoms. The van der Waals surface area contributed by atoms with E-state index >= 15 is 0 Å². The second-order valence-corrected chi connectivity index (χ2v) is 8.58. The van der Waals surface area contributed by atoms with Crippen LogP contribution in [0.1, 0.15) is 31.9 Å². The maximum Gasteiger partial charge on any atom is 0.243 e. The Morgan fingerprint density at radius 2 is 1.83 bits per heavy atom. The summed E-state index contributed by atoms with van der Waals surface area (Å²) in [5.74, 6) is 0. The summed E-state index contributed by atoms with van der Waals surface area (Å²) in [6.45, 7) is 5.93. The number of hydrogen-bond acceptors (Lipinski definition) is 4. The molecular formula is C18H24N2O3S. The number of aliphatic hydroxyl groups is 1. The van der Waals surface area contributed by atoms with Gasteiger partial charge in [-0.1, -0.05) is 45.0 Å². The minimum Gasteiger partial charge on any atom is -0.395 e. The third-order valence-corrected chi connectivity index (χ3v) is 5.65. The summed E-state index contributed by atoms with van der Waals surface area (Å²) in [4.78, 5) is 4.31. The zero-order valence-corrected chi connectivity index (χ0v) is 15.1. The van der Waals surface area contributed by atoms with E-state index in [1.807, 2.05) is 39.0 Å². The summed E-state index contributed by atoms with van der Waals surface area (Å²) >= 11 is 0. The van der Waals surface area contributed by atoms with Gasteiger partial charge in [-0.05, 0) is 28.7 Å². The van der Waals surface area contributed by atoms with Crippen molar-refractivity contribution in [3.63, 3.8) is 0 Å². The first kappa shape index (κ1) is 18.6. The van der Waals surface area contributed by atoms with Gasteiger partial charge < -0.3 is 5.11 Å². The normalized spacial score (nSPS) is 12.5. The van der Waals surface area contributed by atoms with Gasteiger partial charge in [-0.3, -0.25) is 4.98 Å². The van der Waals surface area contributed by atoms with Crippen LogP contribution in [0.25, 0.3) is 0 Å². The number of aromatic nitrogens is 1. The summed E-state index contributed by atoms with van der Waals surface area (Å²) in [6, 6.07) is 10.6. The van der Waals surface area contributed by atoms with Crippen LogP contribution in [0, 0.1) is 0 Å². The minimum absolute atomic E-state index is 0.0374. The van der Waals surface area contributed by atoms with Gasteiger partial charge in [-0.15, -0.1) is 0 Å². The van der Waals surface area contributed by atoms with E-state index in [1.165, 1.54) is 4.31 Å². The molecule has 0 unspecified atom stereocenters. The monoisotopic (exact) mass is 348 g/mol. The van der Waals surface area contributed by atoms with Crippen LogP contribution in [-0.2, 0) is 22.0 Å². The Morgan fingerprint density at radius 1 is 1.12 bits per heavy atom. The molecule has 0 atom stereocenters. The van der Waals surface area contributed by atoms with Crippen molar-refractivity contribution in [2.75, 3.05) is 13.2 Å². The number of sulfonamides is 1. The van der Waals surface area contributed by atoms with Crippen LogP contribution in [0.5, 0.6) is 0 Å². The lowest BCUT2D eigenvalue weighted by atomic mass is 9.87. The second-order valence-electron chi connectivity index (χ2n) is 6.67. The zero-order chi connectivity index (χ0) is 17.8. The molecule has 0 amide bonds. The standard InChI is InChI=1S/C18H24N2O3S/c1-18(2,3)16-8-4-5-9-17(16)24(22,23)20(11-12-21)14-15-7-6-10-19-13-15/h4-10,13,21H,11-12,14H2,1-3H3. The van der Waals surface area contributed by atoms with Crippen LogP contribution >= 0.6 is 0 Å². The van der Waals surface area contributed by atoms with Gasteiger partial charge in [0.15, 0.2) is 0 Å². The van der Waals surface area contributed by atoms with Gasteiger partial charge >= 0.3 is 0 Å². The van der Waals surface area contributed by atoms with Gasteiger partial charge in [0.2, 0.25) is 10.0 Å². The number of aliphatic hydroxyl groups excluding tert-OH is 1. The highest BCUT2D eigenvalue weighted by atomic mass is 32.2. The van der Waals surface area contributed by atoms with E-state index < -0.39 is 10.0 Å². The highest BCUT2D eigenvalue weighted by Gasteiger charge is 2.30. The molecular weight excluding hydrogens is 324 g/mol. The Hall–Kier alpha value is -1.76. The predicted octanol–water partition coefficient (Wildman–Crippen LogP) is 2.56. The third kappa shape index (κ3) is 4.20. The summed E-state index contributed by atoms with van der Waals surface area (Å²) in [5, 5.41) is 9.33. The topological polar surface area (TPSA) is 70.5 Å². The molecule has 1 aromatic carbocycles. The average Bonchev–Trinajstić information content (AvgIpc) is 2.54. The van der Waals surface area contributed by atoms with Crippen LogP contribution in [0.4, 0.5) is 0 Å². The molecule has 24 heavy (non-hydrogen) atoms. The van der Waals surface area contributed by atoms with Crippen molar-refractivity contribution < 1.29 is 13.5 Å². The number of nitrogens with zero attached hydrogens (tertiary/aromatic N) is 2. The zero-order valence-electron chi connectivity index (χ0n) is 14.3. The number of hydrogen-bond donors (Lipinski definition) is 1. The molecule has 5 nitrogen and oxygen atoms in total. The van der Waals surface area contributed by atoms with Crippen molar-refractivity contribution in [2.45, 2.75) is 37.6 Å². The van der Waals surface area contributed by atoms with Crippen molar-refractivity contribution in [1.29, 1.82) is 0 Å². The fraction of sp³-hybridized carbons (Fsp3) is 0.389. The van der Waals surface area contributed by atoms with Crippen LogP contribution in [0.2, 0.25) is 0 Å². The van der Waals surface area contributed by atoms with Crippen LogP contribution in [0.3, 0.4) is 0 Å². The Bertz CT molecular complexity index is 768. The quantitative estimate of drug-likeness (QED) is 0.871. The molecule has 0 aliphatic heterocycles. The Balaban J connectivity index is 2.46. The van der Waals surface area contributed by atoms with Crippen LogP contribution in [0.15, 0.2) is 53.7 Å². The lowest BCUT2D eigenvalue weighted by molar-refractivity contribution is 0.251. The third-order valence-electron chi connectivity index (χ3n) is 3.74. The number of benzene rings is 1. The first-order chi connectivity index (χ1) is 11.3. The van der Waals surface area contributed by atoms with Crippen molar-refractivity contribution in [3.05, 3.63) is 59.9 Å². The van der Waals surface area contributed by atoms with Gasteiger partial charge in [0.25, 0.3) is 0 Å². The van der Waals surface area contributed by atoms with Gasteiger partial charge in [-0.25, -0.2) is 8.42 Å². The average molecular weight is 348 g/mol. The molecule has 130 valence electrons. The van der Waals surface area contributed by atoms with E-state index in [1.54, 1.807) is 30.6 Å². The number of pyridine rings is 1. The molecule has 0 radical (unpaired) electrons. The van der Waals surface area contributed by atoms with Gasteiger partial charge in [-0.2, -0.15) is 4.31 Å². The highest BCUT2D eigenvalue weighted by molar-refractivity contribution is 7.89. The van der Waals surface area contributed by atoms with Crippen molar-refractivity contribution in [2.24, 2.45) is 0 Å². The summed E-state index contributed by atoms with van der Waals surface area (Å²) < 4.78 is 27.7. The molecule has 0 aliphatic rings. The lowest BCUT2D eigenvalue weighted by Crippen LogP contribution is -2.34. The molecule has 1 N–H and O–H groups in total. The highest BCUT2D eigenvalue weighted by Crippen LogP contribution is 2.31. The molecule has 6 heteroatoms. The maximum absolute atomic E-state index is 13.2. The molecule has 1 aromatic heterocycles. The van der Waals surface area contributed by atoms with Crippen molar-refractivity contribution in [3.8, 4) is 0 Å². The van der Waals surface area contributed by atoms with E-state index in [2.05, 4.69) is 4.98 Å². The fourth-order valence-corrected chi connectivity index (χ4v) is 4.36. The SMILES string of the molecule is CC(C)(C)c1ccccc1S(=O)(=O)N(CCO)Cc1cccnc1. The van der Waals surface area contributed by atoms with Gasteiger partial charge in [0, 0.05) is 25.5 Å². The fourth-order valence-electron chi connectivity index (χ4n) is 2.54. The van der Waals surface area contributed by atoms with E-state index in [-0.39, 0.29) is 30.0 Å². The molecule has 0 saturated heterocycles. The Morgan fingerprint density at radius 3 is 2.42 bits per heavy atom. The van der Waals surface area contributed by atoms with Crippen molar-refractivity contribution >= 4 is 10.0 Å². The molecule has 1 heterocycles. The molecule has 0 spiro atoms. The minimum atomic E-state index is -3.73. The van der Waals surface area contributed by atoms with Gasteiger partial charge in [0.1, 0.15) is 0 Å². The summed E-state index contributed by atoms with van der Waals surface area (Å²) in [7, 11) is -3.73.